The zero-order valence-electron chi connectivity index (χ0n) is 10.3. The quantitative estimate of drug-likeness (QED) is 0.382. The molecule has 0 unspecified atom stereocenters. The fourth-order valence-corrected chi connectivity index (χ4v) is 2.71. The first-order valence-corrected chi connectivity index (χ1v) is 6.74. The average molecular weight is 294 g/mol. The molecule has 0 radical (unpaired) electrons. The lowest BCUT2D eigenvalue weighted by Gasteiger charge is -2.07. The summed E-state index contributed by atoms with van der Waals surface area (Å²) in [5.74, 6) is -0.616. The van der Waals surface area contributed by atoms with E-state index in [9.17, 15) is 4.39 Å². The molecule has 1 aliphatic rings. The third-order valence-electron chi connectivity index (χ3n) is 2.88. The Morgan fingerprint density at radius 1 is 1.50 bits per heavy atom. The summed E-state index contributed by atoms with van der Waals surface area (Å²) in [6.45, 7) is 0. The second-order valence-electron chi connectivity index (χ2n) is 4.36. The van der Waals surface area contributed by atoms with Gasteiger partial charge >= 0.3 is 0 Å². The molecule has 2 aromatic rings. The lowest BCUT2D eigenvalue weighted by molar-refractivity contribution is 0.318. The molecule has 1 fully saturated rings. The molecule has 0 amide bonds. The lowest BCUT2D eigenvalue weighted by Crippen LogP contribution is -2.14. The Morgan fingerprint density at radius 2 is 2.30 bits per heavy atom. The van der Waals surface area contributed by atoms with Crippen LogP contribution in [-0.2, 0) is 0 Å². The Bertz CT molecular complexity index is 669. The SMILES string of the molecule is NC(=NO)c1cc(F)ccc1Sc1nnnn1C1CC1. The van der Waals surface area contributed by atoms with E-state index in [-0.39, 0.29) is 5.84 Å². The van der Waals surface area contributed by atoms with Crippen molar-refractivity contribution in [3.8, 4) is 0 Å². The molecule has 7 nitrogen and oxygen atoms in total. The highest BCUT2D eigenvalue weighted by Crippen LogP contribution is 2.38. The van der Waals surface area contributed by atoms with E-state index in [1.54, 1.807) is 10.7 Å². The van der Waals surface area contributed by atoms with Crippen molar-refractivity contribution in [2.45, 2.75) is 28.9 Å². The number of hydrogen-bond acceptors (Lipinski definition) is 6. The molecule has 1 aromatic carbocycles. The van der Waals surface area contributed by atoms with Gasteiger partial charge < -0.3 is 10.9 Å². The van der Waals surface area contributed by atoms with Crippen LogP contribution in [0.4, 0.5) is 4.39 Å². The predicted octanol–water partition coefficient (Wildman–Crippen LogP) is 1.39. The third kappa shape index (κ3) is 2.44. The topological polar surface area (TPSA) is 102 Å². The van der Waals surface area contributed by atoms with Crippen LogP contribution in [0.2, 0.25) is 0 Å². The molecular formula is C11H11FN6OS. The Kier molecular flexibility index (Phi) is 3.26. The molecule has 20 heavy (non-hydrogen) atoms. The molecule has 104 valence electrons. The van der Waals surface area contributed by atoms with E-state index in [1.807, 2.05) is 0 Å². The van der Waals surface area contributed by atoms with Gasteiger partial charge in [0.1, 0.15) is 5.82 Å². The van der Waals surface area contributed by atoms with Gasteiger partial charge in [0.2, 0.25) is 5.16 Å². The number of nitrogens with zero attached hydrogens (tertiary/aromatic N) is 5. The molecule has 3 rings (SSSR count). The van der Waals surface area contributed by atoms with Crippen LogP contribution < -0.4 is 5.73 Å². The zero-order valence-corrected chi connectivity index (χ0v) is 11.1. The van der Waals surface area contributed by atoms with Gasteiger partial charge in [-0.2, -0.15) is 0 Å². The van der Waals surface area contributed by atoms with Crippen LogP contribution in [0, 0.1) is 5.82 Å². The summed E-state index contributed by atoms with van der Waals surface area (Å²) >= 11 is 1.26. The number of amidine groups is 1. The van der Waals surface area contributed by atoms with Crippen LogP contribution in [0.25, 0.3) is 0 Å². The minimum atomic E-state index is -0.460. The molecule has 1 aromatic heterocycles. The normalized spacial score (nSPS) is 15.6. The van der Waals surface area contributed by atoms with Crippen molar-refractivity contribution in [1.29, 1.82) is 0 Å². The van der Waals surface area contributed by atoms with Crippen molar-refractivity contribution in [2.24, 2.45) is 10.9 Å². The molecule has 0 bridgehead atoms. The monoisotopic (exact) mass is 294 g/mol. The molecule has 3 N–H and O–H groups in total. The van der Waals surface area contributed by atoms with E-state index in [1.165, 1.54) is 23.9 Å². The number of benzene rings is 1. The van der Waals surface area contributed by atoms with Gasteiger partial charge in [-0.15, -0.1) is 5.10 Å². The highest BCUT2D eigenvalue weighted by molar-refractivity contribution is 7.99. The molecular weight excluding hydrogens is 283 g/mol. The van der Waals surface area contributed by atoms with Gasteiger partial charge in [0.25, 0.3) is 0 Å². The molecule has 0 saturated heterocycles. The minimum absolute atomic E-state index is 0.155. The largest absolute Gasteiger partial charge is 0.409 e. The second kappa shape index (κ2) is 5.08. The van der Waals surface area contributed by atoms with Crippen LogP contribution in [0.1, 0.15) is 24.4 Å². The summed E-state index contributed by atoms with van der Waals surface area (Å²) in [6, 6.07) is 4.41. The fraction of sp³-hybridized carbons (Fsp3) is 0.273. The summed E-state index contributed by atoms with van der Waals surface area (Å²) in [6.07, 6.45) is 2.10. The van der Waals surface area contributed by atoms with E-state index >= 15 is 0 Å². The number of oxime groups is 1. The maximum atomic E-state index is 13.3. The number of hydrogen-bond donors (Lipinski definition) is 2. The number of tetrazole rings is 1. The number of halogens is 1. The standard InChI is InChI=1S/C11H11FN6OS/c12-6-1-4-9(8(5-6)10(13)15-19)20-11-14-16-17-18(11)7-2-3-7/h1,4-5,7,19H,2-3H2,(H2,13,15). The van der Waals surface area contributed by atoms with Crippen molar-refractivity contribution < 1.29 is 9.60 Å². The van der Waals surface area contributed by atoms with Gasteiger partial charge in [-0.25, -0.2) is 9.07 Å². The van der Waals surface area contributed by atoms with Crippen molar-refractivity contribution in [2.75, 3.05) is 0 Å². The molecule has 1 saturated carbocycles. The maximum absolute atomic E-state index is 13.3. The third-order valence-corrected chi connectivity index (χ3v) is 3.91. The van der Waals surface area contributed by atoms with E-state index in [2.05, 4.69) is 20.7 Å². The Hall–Kier alpha value is -2.16. The van der Waals surface area contributed by atoms with E-state index < -0.39 is 5.82 Å². The van der Waals surface area contributed by atoms with E-state index in [4.69, 9.17) is 10.9 Å². The first-order chi connectivity index (χ1) is 9.69. The first kappa shape index (κ1) is 12.9. The summed E-state index contributed by atoms with van der Waals surface area (Å²) < 4.78 is 15.0. The summed E-state index contributed by atoms with van der Waals surface area (Å²) in [4.78, 5) is 0.624. The van der Waals surface area contributed by atoms with Crippen molar-refractivity contribution >= 4 is 17.6 Å². The van der Waals surface area contributed by atoms with Gasteiger partial charge in [0.05, 0.1) is 6.04 Å². The molecule has 9 heteroatoms. The maximum Gasteiger partial charge on any atom is 0.214 e. The predicted molar refractivity (Wildman–Crippen MR) is 69.1 cm³/mol. The molecule has 0 aliphatic heterocycles. The smallest absolute Gasteiger partial charge is 0.214 e. The number of aromatic nitrogens is 4. The second-order valence-corrected chi connectivity index (χ2v) is 5.37. The zero-order chi connectivity index (χ0) is 14.1. The average Bonchev–Trinajstić information content (AvgIpc) is 3.20. The summed E-state index contributed by atoms with van der Waals surface area (Å²) in [7, 11) is 0. The van der Waals surface area contributed by atoms with Gasteiger partial charge in [-0.05, 0) is 53.2 Å². The molecule has 0 atom stereocenters. The van der Waals surface area contributed by atoms with Gasteiger partial charge in [-0.1, -0.05) is 5.16 Å². The van der Waals surface area contributed by atoms with Crippen molar-refractivity contribution in [3.05, 3.63) is 29.6 Å². The van der Waals surface area contributed by atoms with Gasteiger partial charge in [0.15, 0.2) is 5.84 Å². The van der Waals surface area contributed by atoms with Crippen LogP contribution in [0.15, 0.2) is 33.4 Å². The van der Waals surface area contributed by atoms with Crippen molar-refractivity contribution in [3.63, 3.8) is 0 Å². The Labute approximate surface area is 117 Å². The summed E-state index contributed by atoms with van der Waals surface area (Å²) in [5.41, 5.74) is 5.87. The van der Waals surface area contributed by atoms with Gasteiger partial charge in [0, 0.05) is 10.5 Å². The Morgan fingerprint density at radius 3 is 3.00 bits per heavy atom. The van der Waals surface area contributed by atoms with Crippen LogP contribution in [-0.4, -0.2) is 31.3 Å². The van der Waals surface area contributed by atoms with Crippen LogP contribution >= 0.6 is 11.8 Å². The van der Waals surface area contributed by atoms with E-state index in [0.29, 0.717) is 21.7 Å². The van der Waals surface area contributed by atoms with Crippen LogP contribution in [0.5, 0.6) is 0 Å². The molecule has 1 heterocycles. The highest BCUT2D eigenvalue weighted by Gasteiger charge is 2.28. The minimum Gasteiger partial charge on any atom is -0.409 e. The van der Waals surface area contributed by atoms with Crippen molar-refractivity contribution in [1.82, 2.24) is 20.2 Å². The molecule has 1 aliphatic carbocycles. The van der Waals surface area contributed by atoms with Gasteiger partial charge in [-0.3, -0.25) is 0 Å². The number of rotatable bonds is 4. The number of nitrogens with two attached hydrogens (primary N) is 1. The lowest BCUT2D eigenvalue weighted by atomic mass is 10.2. The van der Waals surface area contributed by atoms with E-state index in [0.717, 1.165) is 12.8 Å². The van der Waals surface area contributed by atoms with Crippen LogP contribution in [0.3, 0.4) is 0 Å². The highest BCUT2D eigenvalue weighted by atomic mass is 32.2. The first-order valence-electron chi connectivity index (χ1n) is 5.92. The summed E-state index contributed by atoms with van der Waals surface area (Å²) in [5, 5.41) is 23.8. The Balaban J connectivity index is 1.95. The molecule has 0 spiro atoms. The fourth-order valence-electron chi connectivity index (χ4n) is 1.74.